The molecule has 3 heterocycles. The van der Waals surface area contributed by atoms with Crippen molar-refractivity contribution < 1.29 is 22.8 Å². The number of hydrogen-bond donors (Lipinski definition) is 1. The van der Waals surface area contributed by atoms with Crippen LogP contribution in [0.4, 0.5) is 29.3 Å². The Morgan fingerprint density at radius 3 is 2.49 bits per heavy atom. The van der Waals surface area contributed by atoms with Crippen molar-refractivity contribution in [1.82, 2.24) is 14.5 Å². The third kappa shape index (κ3) is 6.17. The van der Waals surface area contributed by atoms with E-state index in [0.717, 1.165) is 34.6 Å². The van der Waals surface area contributed by atoms with Crippen molar-refractivity contribution in [2.45, 2.75) is 32.9 Å². The number of aliphatic imine (C=N–C) groups is 1. The molecule has 1 N–H and O–H groups in total. The summed E-state index contributed by atoms with van der Waals surface area (Å²) in [6, 6.07) is 14.4. The molecule has 210 valence electrons. The highest BCUT2D eigenvalue weighted by Crippen LogP contribution is 2.34. The van der Waals surface area contributed by atoms with Crippen LogP contribution in [0.25, 0.3) is 17.1 Å². The molecule has 41 heavy (non-hydrogen) atoms. The van der Waals surface area contributed by atoms with E-state index in [-0.39, 0.29) is 17.6 Å². The first-order chi connectivity index (χ1) is 19.5. The zero-order valence-electron chi connectivity index (χ0n) is 22.3. The predicted octanol–water partition coefficient (Wildman–Crippen LogP) is 7.05. The fraction of sp³-hybridized carbons (Fsp3) is 0.207. The summed E-state index contributed by atoms with van der Waals surface area (Å²) >= 11 is 1.21. The van der Waals surface area contributed by atoms with Crippen LogP contribution in [0, 0.1) is 6.92 Å². The van der Waals surface area contributed by atoms with Gasteiger partial charge in [-0.15, -0.1) is 0 Å². The Morgan fingerprint density at radius 1 is 1.07 bits per heavy atom. The van der Waals surface area contributed by atoms with Crippen molar-refractivity contribution in [2.75, 3.05) is 16.0 Å². The van der Waals surface area contributed by atoms with E-state index in [9.17, 15) is 22.8 Å². The number of amides is 3. The lowest BCUT2D eigenvalue weighted by Gasteiger charge is -2.22. The summed E-state index contributed by atoms with van der Waals surface area (Å²) in [5.41, 5.74) is 3.68. The molecule has 5 rings (SSSR count). The number of hydrogen-bond acceptors (Lipinski definition) is 5. The molecule has 3 amide bonds. The van der Waals surface area contributed by atoms with Gasteiger partial charge in [0, 0.05) is 23.6 Å². The van der Waals surface area contributed by atoms with Crippen LogP contribution in [0.15, 0.2) is 78.3 Å². The molecule has 0 saturated carbocycles. The molecule has 0 unspecified atom stereocenters. The number of rotatable bonds is 5. The molecule has 1 saturated heterocycles. The lowest BCUT2D eigenvalue weighted by Crippen LogP contribution is -2.31. The van der Waals surface area contributed by atoms with E-state index in [1.165, 1.54) is 33.6 Å². The van der Waals surface area contributed by atoms with Crippen molar-refractivity contribution in [1.29, 1.82) is 0 Å². The van der Waals surface area contributed by atoms with Gasteiger partial charge in [-0.3, -0.25) is 14.3 Å². The Balaban J connectivity index is 1.29. The highest BCUT2D eigenvalue weighted by molar-refractivity contribution is 8.15. The maximum absolute atomic E-state index is 12.8. The van der Waals surface area contributed by atoms with Crippen molar-refractivity contribution in [3.05, 3.63) is 90.0 Å². The number of carbonyl (C=O) groups is 2. The number of carbonyl (C=O) groups excluding carboxylic acids is 2. The highest BCUT2D eigenvalue weighted by Gasteiger charge is 2.33. The summed E-state index contributed by atoms with van der Waals surface area (Å²) in [4.78, 5) is 39.5. The molecule has 0 bridgehead atoms. The molecule has 4 aromatic rings. The monoisotopic (exact) mass is 578 g/mol. The van der Waals surface area contributed by atoms with Gasteiger partial charge in [-0.05, 0) is 54.3 Å². The second kappa shape index (κ2) is 11.2. The molecule has 0 aliphatic carbocycles. The Morgan fingerprint density at radius 2 is 1.83 bits per heavy atom. The first-order valence-corrected chi connectivity index (χ1v) is 13.6. The van der Waals surface area contributed by atoms with Gasteiger partial charge in [0.25, 0.3) is 0 Å². The van der Waals surface area contributed by atoms with Crippen molar-refractivity contribution >= 4 is 40.2 Å². The van der Waals surface area contributed by atoms with Gasteiger partial charge in [0.15, 0.2) is 5.17 Å². The summed E-state index contributed by atoms with van der Waals surface area (Å²) in [5, 5.41) is 3.04. The van der Waals surface area contributed by atoms with Gasteiger partial charge in [0.2, 0.25) is 5.91 Å². The van der Waals surface area contributed by atoms with Gasteiger partial charge in [-0.25, -0.2) is 14.8 Å². The normalized spacial score (nSPS) is 14.8. The minimum atomic E-state index is -4.46. The van der Waals surface area contributed by atoms with E-state index in [1.54, 1.807) is 30.5 Å². The Hall–Kier alpha value is -4.45. The van der Waals surface area contributed by atoms with Gasteiger partial charge in [-0.1, -0.05) is 49.9 Å². The number of benzene rings is 2. The van der Waals surface area contributed by atoms with E-state index in [1.807, 2.05) is 39.0 Å². The van der Waals surface area contributed by atoms with Crippen LogP contribution in [-0.2, 0) is 11.0 Å². The first-order valence-electron chi connectivity index (χ1n) is 12.6. The van der Waals surface area contributed by atoms with Gasteiger partial charge in [0.05, 0.1) is 22.7 Å². The average molecular weight is 579 g/mol. The number of aryl methyl sites for hydroxylation is 1. The summed E-state index contributed by atoms with van der Waals surface area (Å²) in [6.45, 7) is 6.04. The number of nitrogens with zero attached hydrogens (tertiary/aromatic N) is 5. The van der Waals surface area contributed by atoms with Crippen LogP contribution in [0.1, 0.15) is 36.5 Å². The van der Waals surface area contributed by atoms with Crippen LogP contribution >= 0.6 is 11.8 Å². The highest BCUT2D eigenvalue weighted by atomic mass is 32.2. The number of aromatic nitrogens is 3. The third-order valence-electron chi connectivity index (χ3n) is 6.37. The lowest BCUT2D eigenvalue weighted by atomic mass is 9.99. The zero-order chi connectivity index (χ0) is 29.3. The van der Waals surface area contributed by atoms with Crippen molar-refractivity contribution in [3.63, 3.8) is 0 Å². The number of pyridine rings is 1. The van der Waals surface area contributed by atoms with Crippen LogP contribution in [0.5, 0.6) is 0 Å². The SMILES string of the molecule is Cc1ccc(C(C)C)c(N2C(=O)CSC2=NC(=O)Nc2ccc(-c3cn(-c4ccc(C(F)(F)F)cn4)cn3)cc2)c1. The fourth-order valence-corrected chi connectivity index (χ4v) is 5.14. The second-order valence-electron chi connectivity index (χ2n) is 9.71. The van der Waals surface area contributed by atoms with Crippen LogP contribution < -0.4 is 10.2 Å². The Kier molecular flexibility index (Phi) is 7.68. The topological polar surface area (TPSA) is 92.5 Å². The largest absolute Gasteiger partial charge is 0.417 e. The van der Waals surface area contributed by atoms with Crippen LogP contribution in [0.2, 0.25) is 0 Å². The molecule has 1 aliphatic heterocycles. The number of anilines is 2. The molecule has 0 atom stereocenters. The quantitative estimate of drug-likeness (QED) is 0.274. The van der Waals surface area contributed by atoms with E-state index in [2.05, 4.69) is 20.3 Å². The van der Waals surface area contributed by atoms with E-state index in [4.69, 9.17) is 0 Å². The number of alkyl halides is 3. The van der Waals surface area contributed by atoms with E-state index >= 15 is 0 Å². The Labute approximate surface area is 238 Å². The van der Waals surface area contributed by atoms with Gasteiger partial charge < -0.3 is 5.32 Å². The first kappa shape index (κ1) is 28.1. The Bertz CT molecular complexity index is 1630. The smallest absolute Gasteiger partial charge is 0.306 e. The van der Waals surface area contributed by atoms with Crippen LogP contribution in [0.3, 0.4) is 0 Å². The molecular formula is C29H25F3N6O2S. The van der Waals surface area contributed by atoms with Crippen molar-refractivity contribution in [3.8, 4) is 17.1 Å². The maximum atomic E-state index is 12.8. The summed E-state index contributed by atoms with van der Waals surface area (Å²) in [5.74, 6) is 0.531. The minimum Gasteiger partial charge on any atom is -0.306 e. The maximum Gasteiger partial charge on any atom is 0.417 e. The van der Waals surface area contributed by atoms with Crippen molar-refractivity contribution in [2.24, 2.45) is 4.99 Å². The molecule has 8 nitrogen and oxygen atoms in total. The number of urea groups is 1. The predicted molar refractivity (Wildman–Crippen MR) is 153 cm³/mol. The van der Waals surface area contributed by atoms with Gasteiger partial charge in [-0.2, -0.15) is 18.2 Å². The minimum absolute atomic E-state index is 0.135. The molecular weight excluding hydrogens is 553 g/mol. The third-order valence-corrected chi connectivity index (χ3v) is 7.29. The summed E-state index contributed by atoms with van der Waals surface area (Å²) < 4.78 is 39.9. The molecule has 2 aromatic heterocycles. The molecule has 1 aliphatic rings. The zero-order valence-corrected chi connectivity index (χ0v) is 23.1. The molecule has 0 radical (unpaired) electrons. The van der Waals surface area contributed by atoms with E-state index in [0.29, 0.717) is 22.4 Å². The van der Waals surface area contributed by atoms with Crippen LogP contribution in [-0.4, -0.2) is 37.4 Å². The molecule has 2 aromatic carbocycles. The fourth-order valence-electron chi connectivity index (χ4n) is 4.28. The molecule has 0 spiro atoms. The molecule has 1 fully saturated rings. The second-order valence-corrected chi connectivity index (χ2v) is 10.6. The van der Waals surface area contributed by atoms with Gasteiger partial charge in [0.1, 0.15) is 12.1 Å². The number of amidine groups is 1. The number of imidazole rings is 1. The average Bonchev–Trinajstić information content (AvgIpc) is 3.55. The van der Waals surface area contributed by atoms with E-state index < -0.39 is 17.8 Å². The number of nitrogens with one attached hydrogen (secondary N) is 1. The van der Waals surface area contributed by atoms with Gasteiger partial charge >= 0.3 is 12.2 Å². The summed E-state index contributed by atoms with van der Waals surface area (Å²) in [7, 11) is 0. The number of thioether (sulfide) groups is 1. The lowest BCUT2D eigenvalue weighted by molar-refractivity contribution is -0.137. The summed E-state index contributed by atoms with van der Waals surface area (Å²) in [6.07, 6.45) is -0.574. The standard InChI is InChI=1S/C29H25F3N6O2S/c1-17(2)22-10-4-18(3)12-24(22)38-26(39)15-41-28(38)36-27(40)35-21-8-5-19(6-9-21)23-14-37(16-34-23)25-11-7-20(13-33-25)29(30,31)32/h4-14,16-17H,15H2,1-3H3,(H,35,40). The molecule has 12 heteroatoms. The number of halogens is 3.